The Morgan fingerprint density at radius 3 is 2.60 bits per heavy atom. The van der Waals surface area contributed by atoms with Crippen LogP contribution < -0.4 is 11.1 Å². The van der Waals surface area contributed by atoms with Crippen LogP contribution in [-0.4, -0.2) is 84.1 Å². The van der Waals surface area contributed by atoms with E-state index >= 15 is 0 Å². The summed E-state index contributed by atoms with van der Waals surface area (Å²) in [5.74, 6) is 0.903. The van der Waals surface area contributed by atoms with Gasteiger partial charge in [0.05, 0.1) is 24.6 Å². The van der Waals surface area contributed by atoms with Crippen LogP contribution in [-0.2, 0) is 16.6 Å². The molecule has 4 aliphatic rings. The first kappa shape index (κ1) is 28.3. The van der Waals surface area contributed by atoms with Crippen molar-refractivity contribution in [3.63, 3.8) is 0 Å². The molecule has 8 heteroatoms. The van der Waals surface area contributed by atoms with Crippen LogP contribution in [0, 0.1) is 0 Å². The molecule has 3 fully saturated rings. The highest BCUT2D eigenvalue weighted by molar-refractivity contribution is 5.80. The Labute approximate surface area is 255 Å². The van der Waals surface area contributed by atoms with E-state index < -0.39 is 0 Å². The van der Waals surface area contributed by atoms with Crippen LogP contribution >= 0.6 is 0 Å². The maximum Gasteiger partial charge on any atom is 0.210 e. The molecular formula is C35H45N7O. The molecule has 1 aliphatic carbocycles. The number of fused-ring (bicyclic) bond motifs is 2. The number of likely N-dealkylation sites (N-methyl/N-ethyl adjacent to an activating group) is 2. The van der Waals surface area contributed by atoms with Crippen LogP contribution in [0.1, 0.15) is 67.1 Å². The maximum absolute atomic E-state index is 11.6. The third kappa shape index (κ3) is 5.09. The number of carbonyl (C=O) groups excluding carboxylic acids is 1. The minimum atomic E-state index is 0.0497. The molecule has 4 heterocycles. The van der Waals surface area contributed by atoms with E-state index in [1.54, 1.807) is 0 Å². The Balaban J connectivity index is 1.26. The first-order chi connectivity index (χ1) is 21.0. The summed E-state index contributed by atoms with van der Waals surface area (Å²) in [7, 11) is 4.46. The Hall–Kier alpha value is -3.46. The van der Waals surface area contributed by atoms with Crippen LogP contribution in [0.3, 0.4) is 0 Å². The Kier molecular flexibility index (Phi) is 7.61. The van der Waals surface area contributed by atoms with Crippen molar-refractivity contribution >= 4 is 12.1 Å². The van der Waals surface area contributed by atoms with E-state index in [4.69, 9.17) is 10.7 Å². The minimum absolute atomic E-state index is 0.0497. The lowest BCUT2D eigenvalue weighted by Gasteiger charge is -2.28. The summed E-state index contributed by atoms with van der Waals surface area (Å²) in [6, 6.07) is 14.2. The highest BCUT2D eigenvalue weighted by Gasteiger charge is 2.45. The van der Waals surface area contributed by atoms with Gasteiger partial charge in [-0.05, 0) is 106 Å². The van der Waals surface area contributed by atoms with Gasteiger partial charge in [-0.15, -0.1) is 0 Å². The predicted octanol–water partition coefficient (Wildman–Crippen LogP) is 4.50. The van der Waals surface area contributed by atoms with Crippen molar-refractivity contribution < 1.29 is 4.79 Å². The first-order valence-corrected chi connectivity index (χ1v) is 16.1. The average molecular weight is 580 g/mol. The zero-order valence-corrected chi connectivity index (χ0v) is 25.6. The third-order valence-corrected chi connectivity index (χ3v) is 10.6. The van der Waals surface area contributed by atoms with Gasteiger partial charge in [-0.2, -0.15) is 0 Å². The van der Waals surface area contributed by atoms with Gasteiger partial charge in [0.1, 0.15) is 5.82 Å². The van der Waals surface area contributed by atoms with Crippen LogP contribution in [0.5, 0.6) is 0 Å². The van der Waals surface area contributed by atoms with Crippen LogP contribution in [0.2, 0.25) is 0 Å². The molecule has 2 unspecified atom stereocenters. The fourth-order valence-corrected chi connectivity index (χ4v) is 8.37. The highest BCUT2D eigenvalue weighted by Crippen LogP contribution is 2.51. The number of nitrogens with two attached hydrogens (primary N) is 1. The summed E-state index contributed by atoms with van der Waals surface area (Å²) in [6.45, 7) is 4.60. The third-order valence-electron chi connectivity index (χ3n) is 10.6. The maximum atomic E-state index is 11.6. The van der Waals surface area contributed by atoms with Gasteiger partial charge in [0, 0.05) is 35.8 Å². The quantitative estimate of drug-likeness (QED) is 0.269. The molecule has 3 atom stereocenters. The molecule has 7 rings (SSSR count). The summed E-state index contributed by atoms with van der Waals surface area (Å²) < 4.78 is 0. The molecule has 3 saturated heterocycles. The molecule has 3 aromatic rings. The summed E-state index contributed by atoms with van der Waals surface area (Å²) in [4.78, 5) is 26.8. The van der Waals surface area contributed by atoms with E-state index in [2.05, 4.69) is 76.7 Å². The molecule has 1 amide bonds. The number of carbonyl (C=O) groups is 1. The van der Waals surface area contributed by atoms with E-state index in [9.17, 15) is 4.79 Å². The van der Waals surface area contributed by atoms with Gasteiger partial charge in [0.2, 0.25) is 6.41 Å². The number of aromatic amines is 1. The van der Waals surface area contributed by atoms with Crippen LogP contribution in [0.4, 0.5) is 0 Å². The van der Waals surface area contributed by atoms with Gasteiger partial charge in [0.15, 0.2) is 0 Å². The number of rotatable bonds is 8. The normalized spacial score (nSPS) is 26.1. The highest BCUT2D eigenvalue weighted by atomic mass is 16.1. The fourth-order valence-electron chi connectivity index (χ4n) is 8.37. The largest absolute Gasteiger partial charge is 0.372 e. The van der Waals surface area contributed by atoms with Gasteiger partial charge in [-0.3, -0.25) is 9.69 Å². The summed E-state index contributed by atoms with van der Waals surface area (Å²) in [5, 5.41) is 3.42. The predicted molar refractivity (Wildman–Crippen MR) is 172 cm³/mol. The molecule has 43 heavy (non-hydrogen) atoms. The monoisotopic (exact) mass is 579 g/mol. The van der Waals surface area contributed by atoms with Crippen molar-refractivity contribution in [1.82, 2.24) is 30.0 Å². The van der Waals surface area contributed by atoms with Crippen molar-refractivity contribution in [3.05, 3.63) is 71.2 Å². The second-order valence-electron chi connectivity index (χ2n) is 13.2. The Morgan fingerprint density at radius 1 is 1.07 bits per heavy atom. The number of nitrogens with one attached hydrogen (secondary N) is 2. The Morgan fingerprint density at radius 2 is 1.88 bits per heavy atom. The van der Waals surface area contributed by atoms with E-state index in [1.807, 2.05) is 11.1 Å². The molecule has 0 saturated carbocycles. The van der Waals surface area contributed by atoms with Crippen molar-refractivity contribution in [3.8, 4) is 22.4 Å². The number of nitrogens with zero attached hydrogens (tertiary/aromatic N) is 4. The lowest BCUT2D eigenvalue weighted by Crippen LogP contribution is -2.27. The number of aromatic nitrogens is 2. The van der Waals surface area contributed by atoms with Gasteiger partial charge >= 0.3 is 0 Å². The van der Waals surface area contributed by atoms with Crippen molar-refractivity contribution in [2.24, 2.45) is 5.73 Å². The van der Waals surface area contributed by atoms with Crippen LogP contribution in [0.15, 0.2) is 48.7 Å². The lowest BCUT2D eigenvalue weighted by atomic mass is 9.77. The number of benzene rings is 2. The SMILES string of the molecule is CN1CCC2(CCc3c(-c4cnc(C5CCCN5C=O)[nH]4)ccc(-c4ccc(/C(=C/[C@@H]5CCCN5C)NCN)cc4)c32)C1. The Bertz CT molecular complexity index is 1510. The number of amides is 1. The molecule has 226 valence electrons. The van der Waals surface area contributed by atoms with Crippen molar-refractivity contribution in [1.29, 1.82) is 0 Å². The van der Waals surface area contributed by atoms with Gasteiger partial charge in [0.25, 0.3) is 0 Å². The molecule has 1 spiro atoms. The molecule has 4 N–H and O–H groups in total. The topological polar surface area (TPSA) is 93.5 Å². The molecule has 1 aromatic heterocycles. The molecule has 2 aromatic carbocycles. The van der Waals surface area contributed by atoms with Crippen molar-refractivity contribution in [2.45, 2.75) is 62.4 Å². The molecule has 0 radical (unpaired) electrons. The number of likely N-dealkylation sites (tertiary alicyclic amines) is 3. The van der Waals surface area contributed by atoms with Gasteiger partial charge in [-0.1, -0.05) is 36.4 Å². The second kappa shape index (κ2) is 11.6. The van der Waals surface area contributed by atoms with Gasteiger partial charge < -0.3 is 25.8 Å². The van der Waals surface area contributed by atoms with Crippen LogP contribution in [0.25, 0.3) is 28.1 Å². The zero-order chi connectivity index (χ0) is 29.6. The number of H-pyrrole nitrogens is 1. The standard InChI is InChI=1S/C35H45N7O/c1-40-18-15-35(21-40)14-13-29-28(31-20-37-34(39-31)32-6-4-17-42(32)23-43)12-11-27(33(29)35)24-7-9-25(10-8-24)30(38-22-36)19-26-5-3-16-41(26)2/h7-12,19-20,23,26,32,38H,3-6,13-18,21-22,36H2,1-2H3,(H,37,39)/b30-19-/t26-,32?,35?/m0/s1. The molecule has 8 nitrogen and oxygen atoms in total. The fraction of sp³-hybridized carbons (Fsp3) is 0.486. The summed E-state index contributed by atoms with van der Waals surface area (Å²) >= 11 is 0. The smallest absolute Gasteiger partial charge is 0.210 e. The van der Waals surface area contributed by atoms with E-state index in [0.29, 0.717) is 12.7 Å². The molecule has 0 bridgehead atoms. The first-order valence-electron chi connectivity index (χ1n) is 16.1. The zero-order valence-electron chi connectivity index (χ0n) is 25.6. The summed E-state index contributed by atoms with van der Waals surface area (Å²) in [5.41, 5.74) is 16.4. The van der Waals surface area contributed by atoms with E-state index in [0.717, 1.165) is 69.1 Å². The number of hydrogen-bond acceptors (Lipinski definition) is 6. The van der Waals surface area contributed by atoms with E-state index in [-0.39, 0.29) is 11.5 Å². The molecular weight excluding hydrogens is 534 g/mol. The van der Waals surface area contributed by atoms with Crippen molar-refractivity contribution in [2.75, 3.05) is 46.9 Å². The molecule has 3 aliphatic heterocycles. The second-order valence-corrected chi connectivity index (χ2v) is 13.2. The number of hydrogen-bond donors (Lipinski definition) is 3. The number of imidazole rings is 1. The lowest BCUT2D eigenvalue weighted by molar-refractivity contribution is -0.119. The summed E-state index contributed by atoms with van der Waals surface area (Å²) in [6.07, 6.45) is 13.2. The average Bonchev–Trinajstić information content (AvgIpc) is 3.86. The van der Waals surface area contributed by atoms with E-state index in [1.165, 1.54) is 59.1 Å². The van der Waals surface area contributed by atoms with Gasteiger partial charge in [-0.25, -0.2) is 4.98 Å². The minimum Gasteiger partial charge on any atom is -0.372 e.